The number of methoxy groups -OCH3 is 3. The third-order valence-corrected chi connectivity index (χ3v) is 9.18. The van der Waals surface area contributed by atoms with E-state index >= 15 is 0 Å². The number of nitrogens with zero attached hydrogens (tertiary/aromatic N) is 1. The minimum Gasteiger partial charge on any atom is -0.497 e. The Morgan fingerprint density at radius 2 is 1.45 bits per heavy atom. The molecule has 3 atom stereocenters. The second-order valence-corrected chi connectivity index (χ2v) is 11.1. The predicted molar refractivity (Wildman–Crippen MR) is 163 cm³/mol. The van der Waals surface area contributed by atoms with Crippen molar-refractivity contribution >= 4 is 29.1 Å². The van der Waals surface area contributed by atoms with Crippen LogP contribution in [0.2, 0.25) is 0 Å². The number of anilines is 1. The summed E-state index contributed by atoms with van der Waals surface area (Å²) in [5.74, 6) is -0.993. The zero-order valence-electron chi connectivity index (χ0n) is 24.2. The van der Waals surface area contributed by atoms with E-state index in [4.69, 9.17) is 14.2 Å². The molecule has 8 heteroatoms. The Morgan fingerprint density at radius 1 is 0.795 bits per heavy atom. The SMILES string of the molecule is COc1ccc(C(=O)[C@H]2[C@H](c3ccc(OC)cc3OC)C3(C(=O)c4ccccc4C3=O)C3C=Cc4cc(F)ccc4N32)cc1. The summed E-state index contributed by atoms with van der Waals surface area (Å²) in [6.45, 7) is 0. The molecule has 2 aliphatic heterocycles. The van der Waals surface area contributed by atoms with Gasteiger partial charge in [0.1, 0.15) is 34.5 Å². The summed E-state index contributed by atoms with van der Waals surface area (Å²) in [5, 5.41) is 0. The monoisotopic (exact) mass is 589 g/mol. The number of fused-ring (bicyclic) bond motifs is 5. The molecule has 0 N–H and O–H groups in total. The van der Waals surface area contributed by atoms with Gasteiger partial charge in [-0.25, -0.2) is 4.39 Å². The van der Waals surface area contributed by atoms with Crippen LogP contribution in [0.3, 0.4) is 0 Å². The molecule has 44 heavy (non-hydrogen) atoms. The molecule has 1 aliphatic carbocycles. The Balaban J connectivity index is 1.55. The number of rotatable bonds is 6. The molecule has 1 unspecified atom stereocenters. The first kappa shape index (κ1) is 27.6. The van der Waals surface area contributed by atoms with Crippen molar-refractivity contribution < 1.29 is 33.0 Å². The summed E-state index contributed by atoms with van der Waals surface area (Å²) in [7, 11) is 4.57. The Hall–Kier alpha value is -5.24. The number of ketones is 3. The molecular weight excluding hydrogens is 561 g/mol. The average Bonchev–Trinajstić information content (AvgIpc) is 3.49. The van der Waals surface area contributed by atoms with Crippen LogP contribution in [-0.4, -0.2) is 50.8 Å². The van der Waals surface area contributed by atoms with Crippen LogP contribution in [0.4, 0.5) is 10.1 Å². The lowest BCUT2D eigenvalue weighted by Gasteiger charge is -2.37. The number of carbonyl (C=O) groups excluding carboxylic acids is 3. The van der Waals surface area contributed by atoms with E-state index in [2.05, 4.69) is 0 Å². The van der Waals surface area contributed by atoms with E-state index in [1.54, 1.807) is 92.1 Å². The van der Waals surface area contributed by atoms with Crippen LogP contribution in [0.25, 0.3) is 6.08 Å². The molecule has 0 bridgehead atoms. The van der Waals surface area contributed by atoms with Crippen molar-refractivity contribution in [2.45, 2.75) is 18.0 Å². The molecule has 0 aromatic heterocycles. The number of benzene rings is 4. The van der Waals surface area contributed by atoms with E-state index in [9.17, 15) is 18.8 Å². The highest BCUT2D eigenvalue weighted by Crippen LogP contribution is 2.62. The summed E-state index contributed by atoms with van der Waals surface area (Å²) in [4.78, 5) is 46.3. The molecule has 0 radical (unpaired) electrons. The van der Waals surface area contributed by atoms with Gasteiger partial charge in [-0.2, -0.15) is 0 Å². The second-order valence-electron chi connectivity index (χ2n) is 11.1. The largest absolute Gasteiger partial charge is 0.497 e. The number of ether oxygens (including phenoxy) is 3. The smallest absolute Gasteiger partial charge is 0.185 e. The highest BCUT2D eigenvalue weighted by molar-refractivity contribution is 6.32. The number of halogens is 1. The van der Waals surface area contributed by atoms with Crippen molar-refractivity contribution in [2.24, 2.45) is 5.41 Å². The highest BCUT2D eigenvalue weighted by Gasteiger charge is 2.72. The molecule has 3 aliphatic rings. The van der Waals surface area contributed by atoms with Crippen molar-refractivity contribution in [3.05, 3.63) is 125 Å². The van der Waals surface area contributed by atoms with Gasteiger partial charge in [-0.1, -0.05) is 42.5 Å². The molecule has 7 rings (SSSR count). The molecule has 1 saturated heterocycles. The van der Waals surface area contributed by atoms with Crippen LogP contribution in [0.5, 0.6) is 17.2 Å². The Bertz CT molecular complexity index is 1850. The van der Waals surface area contributed by atoms with Crippen LogP contribution in [0, 0.1) is 11.2 Å². The summed E-state index contributed by atoms with van der Waals surface area (Å²) >= 11 is 0. The fourth-order valence-corrected chi connectivity index (χ4v) is 7.29. The van der Waals surface area contributed by atoms with Gasteiger partial charge >= 0.3 is 0 Å². The molecule has 2 heterocycles. The molecule has 4 aromatic rings. The fourth-order valence-electron chi connectivity index (χ4n) is 7.29. The minimum atomic E-state index is -1.72. The molecule has 1 spiro atoms. The van der Waals surface area contributed by atoms with Crippen LogP contribution in [0.1, 0.15) is 48.1 Å². The van der Waals surface area contributed by atoms with Crippen molar-refractivity contribution in [1.82, 2.24) is 0 Å². The highest BCUT2D eigenvalue weighted by atomic mass is 19.1. The summed E-state index contributed by atoms with van der Waals surface area (Å²) in [6, 6.07) is 21.1. The number of hydrogen-bond acceptors (Lipinski definition) is 7. The van der Waals surface area contributed by atoms with Gasteiger partial charge in [-0.05, 0) is 48.5 Å². The lowest BCUT2D eigenvalue weighted by Crippen LogP contribution is -2.48. The Kier molecular flexibility index (Phi) is 6.39. The van der Waals surface area contributed by atoms with Gasteiger partial charge in [-0.3, -0.25) is 14.4 Å². The van der Waals surface area contributed by atoms with Crippen molar-refractivity contribution in [2.75, 3.05) is 26.2 Å². The van der Waals surface area contributed by atoms with Crippen molar-refractivity contribution in [3.63, 3.8) is 0 Å². The zero-order valence-corrected chi connectivity index (χ0v) is 24.2. The summed E-state index contributed by atoms with van der Waals surface area (Å²) < 4.78 is 31.1. The van der Waals surface area contributed by atoms with E-state index in [0.29, 0.717) is 50.8 Å². The van der Waals surface area contributed by atoms with E-state index < -0.39 is 29.2 Å². The van der Waals surface area contributed by atoms with Gasteiger partial charge in [0.25, 0.3) is 0 Å². The molecule has 1 fully saturated rings. The van der Waals surface area contributed by atoms with Crippen molar-refractivity contribution in [3.8, 4) is 17.2 Å². The molecule has 0 saturated carbocycles. The Labute approximate surface area is 253 Å². The first-order chi connectivity index (χ1) is 21.3. The van der Waals surface area contributed by atoms with E-state index in [-0.39, 0.29) is 17.3 Å². The van der Waals surface area contributed by atoms with Gasteiger partial charge in [-0.15, -0.1) is 0 Å². The van der Waals surface area contributed by atoms with E-state index in [1.165, 1.54) is 26.4 Å². The third kappa shape index (κ3) is 3.70. The van der Waals surface area contributed by atoms with Gasteiger partial charge in [0.05, 0.1) is 27.4 Å². The molecule has 4 aromatic carbocycles. The van der Waals surface area contributed by atoms with Gasteiger partial charge in [0.2, 0.25) is 0 Å². The second kappa shape index (κ2) is 10.2. The van der Waals surface area contributed by atoms with Crippen LogP contribution >= 0.6 is 0 Å². The quantitative estimate of drug-likeness (QED) is 0.197. The minimum absolute atomic E-state index is 0.306. The maximum atomic E-state index is 14.8. The van der Waals surface area contributed by atoms with Gasteiger partial charge < -0.3 is 19.1 Å². The lowest BCUT2D eigenvalue weighted by molar-refractivity contribution is 0.0664. The maximum Gasteiger partial charge on any atom is 0.185 e. The van der Waals surface area contributed by atoms with E-state index in [0.717, 1.165) is 0 Å². The Morgan fingerprint density at radius 3 is 2.09 bits per heavy atom. The fraction of sp³-hybridized carbons (Fsp3) is 0.194. The average molecular weight is 590 g/mol. The van der Waals surface area contributed by atoms with Gasteiger partial charge in [0, 0.05) is 45.5 Å². The van der Waals surface area contributed by atoms with Gasteiger partial charge in [0.15, 0.2) is 17.3 Å². The molecular formula is C36H28FNO6. The van der Waals surface area contributed by atoms with Crippen LogP contribution < -0.4 is 19.1 Å². The molecule has 7 nitrogen and oxygen atoms in total. The normalized spacial score (nSPS) is 20.7. The van der Waals surface area contributed by atoms with Crippen LogP contribution in [-0.2, 0) is 0 Å². The standard InChI is InChI=1S/C36H28FNO6/c1-42-23-12-8-20(9-13-23)33(39)32-31(27-15-14-24(43-2)19-29(27)44-3)36(34(40)25-6-4-5-7-26(25)35(36)41)30-17-10-21-18-22(37)11-16-28(21)38(30)32/h4-19,30-32H,1-3H3/t30?,31-,32+/m0/s1. The zero-order chi connectivity index (χ0) is 30.7. The lowest BCUT2D eigenvalue weighted by atomic mass is 9.64. The number of Topliss-reactive ketones (excluding diaryl/α,β-unsaturated/α-hetero) is 3. The first-order valence-corrected chi connectivity index (χ1v) is 14.2. The summed E-state index contributed by atoms with van der Waals surface area (Å²) in [6.07, 6.45) is 3.49. The molecule has 220 valence electrons. The first-order valence-electron chi connectivity index (χ1n) is 14.2. The number of hydrogen-bond donors (Lipinski definition) is 0. The third-order valence-electron chi connectivity index (χ3n) is 9.18. The van der Waals surface area contributed by atoms with Crippen molar-refractivity contribution in [1.29, 1.82) is 0 Å². The van der Waals surface area contributed by atoms with E-state index in [1.807, 2.05) is 4.90 Å². The number of carbonyl (C=O) groups is 3. The maximum absolute atomic E-state index is 14.8. The summed E-state index contributed by atoms with van der Waals surface area (Å²) in [5.41, 5.74) is 0.884. The molecule has 0 amide bonds. The topological polar surface area (TPSA) is 82.1 Å². The van der Waals surface area contributed by atoms with Crippen LogP contribution in [0.15, 0.2) is 91.0 Å². The predicted octanol–water partition coefficient (Wildman–Crippen LogP) is 6.17.